The zero-order chi connectivity index (χ0) is 19.2. The number of nitrogens with zero attached hydrogens (tertiary/aromatic N) is 2. The lowest BCUT2D eigenvalue weighted by atomic mass is 9.98. The molecule has 1 aliphatic rings. The molecule has 1 aliphatic heterocycles. The second kappa shape index (κ2) is 8.66. The van der Waals surface area contributed by atoms with Crippen molar-refractivity contribution in [2.45, 2.75) is 26.4 Å². The summed E-state index contributed by atoms with van der Waals surface area (Å²) in [6.07, 6.45) is 2.66. The van der Waals surface area contributed by atoms with Crippen molar-refractivity contribution in [2.75, 3.05) is 19.7 Å². The molecule has 1 aromatic carbocycles. The monoisotopic (exact) mass is 376 g/mol. The number of halogens is 1. The highest BCUT2D eigenvalue weighted by Crippen LogP contribution is 2.21. The van der Waals surface area contributed by atoms with Gasteiger partial charge in [-0.05, 0) is 31.9 Å². The SMILES string of the molecule is CCOC(=O)[C@H]1CCCN(C(=O)c2coc(COc3ccccc3F)n2)C1. The smallest absolute Gasteiger partial charge is 0.310 e. The van der Waals surface area contributed by atoms with Crippen LogP contribution in [0.4, 0.5) is 4.39 Å². The molecule has 1 amide bonds. The lowest BCUT2D eigenvalue weighted by Gasteiger charge is -2.30. The average molecular weight is 376 g/mol. The summed E-state index contributed by atoms with van der Waals surface area (Å²) < 4.78 is 29.2. The zero-order valence-electron chi connectivity index (χ0n) is 15.0. The van der Waals surface area contributed by atoms with E-state index in [9.17, 15) is 14.0 Å². The fraction of sp³-hybridized carbons (Fsp3) is 0.421. The molecule has 0 unspecified atom stereocenters. The van der Waals surface area contributed by atoms with E-state index in [1.54, 1.807) is 24.0 Å². The molecule has 27 heavy (non-hydrogen) atoms. The molecule has 1 aromatic heterocycles. The van der Waals surface area contributed by atoms with Crippen LogP contribution in [-0.2, 0) is 16.1 Å². The maximum atomic E-state index is 13.6. The molecule has 0 radical (unpaired) electrons. The summed E-state index contributed by atoms with van der Waals surface area (Å²) in [7, 11) is 0. The summed E-state index contributed by atoms with van der Waals surface area (Å²) in [6, 6.07) is 6.00. The van der Waals surface area contributed by atoms with E-state index in [-0.39, 0.29) is 41.7 Å². The van der Waals surface area contributed by atoms with Crippen molar-refractivity contribution in [2.24, 2.45) is 5.92 Å². The molecule has 1 fully saturated rings. The molecular weight excluding hydrogens is 355 g/mol. The van der Waals surface area contributed by atoms with Crippen molar-refractivity contribution in [3.63, 3.8) is 0 Å². The van der Waals surface area contributed by atoms with Gasteiger partial charge in [0.2, 0.25) is 5.89 Å². The largest absolute Gasteiger partial charge is 0.481 e. The maximum absolute atomic E-state index is 13.6. The fourth-order valence-corrected chi connectivity index (χ4v) is 2.95. The number of hydrogen-bond acceptors (Lipinski definition) is 6. The van der Waals surface area contributed by atoms with Crippen LogP contribution in [0.25, 0.3) is 0 Å². The van der Waals surface area contributed by atoms with Gasteiger partial charge in [-0.2, -0.15) is 0 Å². The number of esters is 1. The van der Waals surface area contributed by atoms with Gasteiger partial charge in [0.25, 0.3) is 5.91 Å². The standard InChI is InChI=1S/C19H21FN2O5/c1-2-25-19(24)13-6-5-9-22(10-13)18(23)15-11-27-17(21-15)12-26-16-8-4-3-7-14(16)20/h3-4,7-8,11,13H,2,5-6,9-10,12H2,1H3/t13-/m0/s1. The van der Waals surface area contributed by atoms with Crippen LogP contribution in [-0.4, -0.2) is 41.5 Å². The molecule has 144 valence electrons. The van der Waals surface area contributed by atoms with Crippen molar-refractivity contribution < 1.29 is 27.9 Å². The van der Waals surface area contributed by atoms with Gasteiger partial charge in [-0.3, -0.25) is 9.59 Å². The third-order valence-corrected chi connectivity index (χ3v) is 4.29. The first-order valence-electron chi connectivity index (χ1n) is 8.86. The van der Waals surface area contributed by atoms with Gasteiger partial charge in [-0.1, -0.05) is 12.1 Å². The molecule has 8 heteroatoms. The van der Waals surface area contributed by atoms with Gasteiger partial charge in [0, 0.05) is 13.1 Å². The Kier molecular flexibility index (Phi) is 6.05. The number of oxazole rings is 1. The number of hydrogen-bond donors (Lipinski definition) is 0. The number of ether oxygens (including phenoxy) is 2. The highest BCUT2D eigenvalue weighted by atomic mass is 19.1. The Balaban J connectivity index is 1.59. The summed E-state index contributed by atoms with van der Waals surface area (Å²) in [5.74, 6) is -1.16. The molecule has 0 aliphatic carbocycles. The van der Waals surface area contributed by atoms with E-state index < -0.39 is 5.82 Å². The summed E-state index contributed by atoms with van der Waals surface area (Å²) in [5.41, 5.74) is 0.131. The van der Waals surface area contributed by atoms with Crippen molar-refractivity contribution in [3.8, 4) is 5.75 Å². The van der Waals surface area contributed by atoms with Crippen molar-refractivity contribution in [3.05, 3.63) is 47.9 Å². The first-order chi connectivity index (χ1) is 13.1. The van der Waals surface area contributed by atoms with Crippen molar-refractivity contribution in [1.82, 2.24) is 9.88 Å². The molecule has 0 N–H and O–H groups in total. The molecule has 0 saturated carbocycles. The minimum atomic E-state index is -0.487. The molecule has 7 nitrogen and oxygen atoms in total. The summed E-state index contributed by atoms with van der Waals surface area (Å²) in [6.45, 7) is 2.82. The normalized spacial score (nSPS) is 16.8. The minimum Gasteiger partial charge on any atom is -0.481 e. The predicted molar refractivity (Wildman–Crippen MR) is 92.5 cm³/mol. The molecular formula is C19H21FN2O5. The number of benzene rings is 1. The van der Waals surface area contributed by atoms with Crippen molar-refractivity contribution in [1.29, 1.82) is 0 Å². The Labute approximate surface area is 156 Å². The number of piperidine rings is 1. The fourth-order valence-electron chi connectivity index (χ4n) is 2.95. The Morgan fingerprint density at radius 2 is 2.19 bits per heavy atom. The Bertz CT molecular complexity index is 807. The highest BCUT2D eigenvalue weighted by molar-refractivity contribution is 5.92. The van der Waals surface area contributed by atoms with E-state index in [0.717, 1.165) is 6.42 Å². The highest BCUT2D eigenvalue weighted by Gasteiger charge is 2.31. The third-order valence-electron chi connectivity index (χ3n) is 4.29. The average Bonchev–Trinajstić information content (AvgIpc) is 3.16. The van der Waals surface area contributed by atoms with Crippen LogP contribution in [0.3, 0.4) is 0 Å². The van der Waals surface area contributed by atoms with Gasteiger partial charge < -0.3 is 18.8 Å². The minimum absolute atomic E-state index is 0.0804. The summed E-state index contributed by atoms with van der Waals surface area (Å²) >= 11 is 0. The maximum Gasteiger partial charge on any atom is 0.310 e. The Morgan fingerprint density at radius 3 is 2.96 bits per heavy atom. The Morgan fingerprint density at radius 1 is 1.37 bits per heavy atom. The molecule has 2 aromatic rings. The van der Waals surface area contributed by atoms with Crippen LogP contribution in [0.1, 0.15) is 36.1 Å². The number of para-hydroxylation sites is 1. The van der Waals surface area contributed by atoms with Crippen LogP contribution in [0.5, 0.6) is 5.75 Å². The van der Waals surface area contributed by atoms with Gasteiger partial charge in [0.05, 0.1) is 12.5 Å². The predicted octanol–water partition coefficient (Wildman–Crippen LogP) is 2.81. The molecule has 1 atom stereocenters. The van der Waals surface area contributed by atoms with Crippen LogP contribution in [0, 0.1) is 11.7 Å². The second-order valence-electron chi connectivity index (χ2n) is 6.19. The molecule has 0 bridgehead atoms. The number of amides is 1. The molecule has 1 saturated heterocycles. The lowest BCUT2D eigenvalue weighted by Crippen LogP contribution is -2.43. The number of carbonyl (C=O) groups excluding carboxylic acids is 2. The number of rotatable bonds is 6. The van der Waals surface area contributed by atoms with E-state index in [1.807, 2.05) is 0 Å². The van der Waals surface area contributed by atoms with E-state index in [0.29, 0.717) is 26.1 Å². The van der Waals surface area contributed by atoms with Crippen LogP contribution in [0.15, 0.2) is 34.9 Å². The second-order valence-corrected chi connectivity index (χ2v) is 6.19. The third kappa shape index (κ3) is 4.64. The van der Waals surface area contributed by atoms with Gasteiger partial charge in [0.1, 0.15) is 6.26 Å². The number of likely N-dealkylation sites (tertiary alicyclic amines) is 1. The van der Waals surface area contributed by atoms with Crippen molar-refractivity contribution >= 4 is 11.9 Å². The zero-order valence-corrected chi connectivity index (χ0v) is 15.0. The number of aromatic nitrogens is 1. The molecule has 3 rings (SSSR count). The van der Waals surface area contributed by atoms with Crippen LogP contribution in [0.2, 0.25) is 0 Å². The van der Waals surface area contributed by atoms with Gasteiger partial charge in [-0.15, -0.1) is 0 Å². The van der Waals surface area contributed by atoms with Gasteiger partial charge >= 0.3 is 5.97 Å². The first-order valence-corrected chi connectivity index (χ1v) is 8.86. The first kappa shape index (κ1) is 18.9. The Hall–Kier alpha value is -2.90. The summed E-state index contributed by atoms with van der Waals surface area (Å²) in [4.78, 5) is 30.2. The van der Waals surface area contributed by atoms with Gasteiger partial charge in [0.15, 0.2) is 23.9 Å². The lowest BCUT2D eigenvalue weighted by molar-refractivity contribution is -0.149. The van der Waals surface area contributed by atoms with Crippen LogP contribution >= 0.6 is 0 Å². The molecule has 0 spiro atoms. The van der Waals surface area contributed by atoms with E-state index in [2.05, 4.69) is 4.98 Å². The molecule has 2 heterocycles. The quantitative estimate of drug-likeness (QED) is 0.721. The van der Waals surface area contributed by atoms with E-state index >= 15 is 0 Å². The summed E-state index contributed by atoms with van der Waals surface area (Å²) in [5, 5.41) is 0. The van der Waals surface area contributed by atoms with Crippen LogP contribution < -0.4 is 4.74 Å². The van der Waals surface area contributed by atoms with Gasteiger partial charge in [-0.25, -0.2) is 9.37 Å². The van der Waals surface area contributed by atoms with E-state index in [1.165, 1.54) is 18.4 Å². The number of carbonyl (C=O) groups is 2. The van der Waals surface area contributed by atoms with E-state index in [4.69, 9.17) is 13.9 Å². The topological polar surface area (TPSA) is 81.9 Å².